The number of fused-ring (bicyclic) bond motifs is 1. The molecule has 2 N–H and O–H groups in total. The van der Waals surface area contributed by atoms with Gasteiger partial charge in [-0.25, -0.2) is 0 Å². The predicted octanol–water partition coefficient (Wildman–Crippen LogP) is 5.43. The normalized spacial score (nSPS) is 14.7. The summed E-state index contributed by atoms with van der Waals surface area (Å²) in [6.45, 7) is 5.94. The van der Waals surface area contributed by atoms with Crippen LogP contribution < -0.4 is 5.32 Å². The fourth-order valence-electron chi connectivity index (χ4n) is 4.52. The molecule has 2 aromatic heterocycles. The lowest BCUT2D eigenvalue weighted by Crippen LogP contribution is -2.45. The maximum atomic E-state index is 5.88. The Bertz CT molecular complexity index is 989. The van der Waals surface area contributed by atoms with Crippen molar-refractivity contribution in [3.63, 3.8) is 0 Å². The minimum absolute atomic E-state index is 0.509. The molecule has 1 aromatic carbocycles. The van der Waals surface area contributed by atoms with Gasteiger partial charge in [-0.15, -0.1) is 0 Å². The van der Waals surface area contributed by atoms with Crippen LogP contribution in [0.25, 0.3) is 10.9 Å². The SMILES string of the molecule is Cc1ccc2[nH]c(C)c(CCN(Cc3ccccn3)C(=S)NC3CCCCC3)c2c1. The van der Waals surface area contributed by atoms with Crippen LogP contribution in [0.2, 0.25) is 0 Å². The van der Waals surface area contributed by atoms with Gasteiger partial charge in [-0.1, -0.05) is 37.0 Å². The average molecular weight is 421 g/mol. The highest BCUT2D eigenvalue weighted by molar-refractivity contribution is 7.80. The van der Waals surface area contributed by atoms with Crippen LogP contribution in [0.4, 0.5) is 0 Å². The summed E-state index contributed by atoms with van der Waals surface area (Å²) < 4.78 is 0. The van der Waals surface area contributed by atoms with E-state index in [1.165, 1.54) is 59.8 Å². The smallest absolute Gasteiger partial charge is 0.169 e. The van der Waals surface area contributed by atoms with Gasteiger partial charge in [-0.05, 0) is 75.2 Å². The molecule has 4 rings (SSSR count). The molecule has 1 fully saturated rings. The number of aromatic nitrogens is 2. The van der Waals surface area contributed by atoms with Crippen LogP contribution in [0.5, 0.6) is 0 Å². The Labute approximate surface area is 185 Å². The van der Waals surface area contributed by atoms with Crippen molar-refractivity contribution in [3.8, 4) is 0 Å². The third-order valence-electron chi connectivity index (χ3n) is 6.21. The molecular formula is C25H32N4S. The van der Waals surface area contributed by atoms with Gasteiger partial charge in [0.25, 0.3) is 0 Å². The monoisotopic (exact) mass is 420 g/mol. The van der Waals surface area contributed by atoms with Gasteiger partial charge in [-0.2, -0.15) is 0 Å². The van der Waals surface area contributed by atoms with E-state index >= 15 is 0 Å². The molecule has 0 saturated heterocycles. The number of nitrogens with one attached hydrogen (secondary N) is 2. The molecule has 0 amide bonds. The first kappa shape index (κ1) is 20.9. The van der Waals surface area contributed by atoms with E-state index in [1.807, 2.05) is 18.3 Å². The quantitative estimate of drug-likeness (QED) is 0.522. The highest BCUT2D eigenvalue weighted by Crippen LogP contribution is 2.24. The molecule has 2 heterocycles. The van der Waals surface area contributed by atoms with Gasteiger partial charge in [-0.3, -0.25) is 4.98 Å². The van der Waals surface area contributed by atoms with Gasteiger partial charge >= 0.3 is 0 Å². The van der Waals surface area contributed by atoms with Crippen molar-refractivity contribution >= 4 is 28.2 Å². The van der Waals surface area contributed by atoms with Crippen LogP contribution in [-0.4, -0.2) is 32.6 Å². The van der Waals surface area contributed by atoms with Gasteiger partial charge in [0.1, 0.15) is 0 Å². The van der Waals surface area contributed by atoms with Crippen LogP contribution in [0, 0.1) is 13.8 Å². The van der Waals surface area contributed by atoms with Crippen molar-refractivity contribution in [1.82, 2.24) is 20.2 Å². The maximum absolute atomic E-state index is 5.88. The molecular weight excluding hydrogens is 388 g/mol. The van der Waals surface area contributed by atoms with E-state index in [1.54, 1.807) is 0 Å². The average Bonchev–Trinajstić information content (AvgIpc) is 3.07. The minimum Gasteiger partial charge on any atom is -0.360 e. The topological polar surface area (TPSA) is 44.0 Å². The van der Waals surface area contributed by atoms with Crippen molar-refractivity contribution in [1.29, 1.82) is 0 Å². The Hall–Kier alpha value is -2.40. The zero-order chi connectivity index (χ0) is 20.9. The zero-order valence-electron chi connectivity index (χ0n) is 18.1. The fourth-order valence-corrected chi connectivity index (χ4v) is 4.84. The molecule has 1 saturated carbocycles. The van der Waals surface area contributed by atoms with Crippen molar-refractivity contribution in [2.75, 3.05) is 6.54 Å². The van der Waals surface area contributed by atoms with Crippen molar-refractivity contribution in [3.05, 3.63) is 65.1 Å². The Morgan fingerprint density at radius 3 is 2.77 bits per heavy atom. The van der Waals surface area contributed by atoms with Gasteiger partial charge in [0.2, 0.25) is 0 Å². The lowest BCUT2D eigenvalue weighted by molar-refractivity contribution is 0.366. The first-order valence-corrected chi connectivity index (χ1v) is 11.5. The second-order valence-corrected chi connectivity index (χ2v) is 8.94. The molecule has 158 valence electrons. The summed E-state index contributed by atoms with van der Waals surface area (Å²) in [5.41, 5.74) is 6.20. The van der Waals surface area contributed by atoms with Crippen LogP contribution in [0.1, 0.15) is 54.6 Å². The Morgan fingerprint density at radius 2 is 2.00 bits per heavy atom. The molecule has 3 aromatic rings. The van der Waals surface area contributed by atoms with Crippen molar-refractivity contribution in [2.45, 2.75) is 65.0 Å². The molecule has 1 aliphatic rings. The molecule has 0 spiro atoms. The molecule has 0 unspecified atom stereocenters. The summed E-state index contributed by atoms with van der Waals surface area (Å²) >= 11 is 5.88. The summed E-state index contributed by atoms with van der Waals surface area (Å²) in [6, 6.07) is 13.2. The fraction of sp³-hybridized carbons (Fsp3) is 0.440. The standard InChI is InChI=1S/C25H32N4S/c1-18-11-12-24-23(16-18)22(19(2)27-24)13-15-29(17-21-10-6-7-14-26-21)25(30)28-20-8-4-3-5-9-20/h6-7,10-12,14,16,20,27H,3-5,8-9,13,15,17H2,1-2H3,(H,28,30). The second-order valence-electron chi connectivity index (χ2n) is 8.55. The first-order valence-electron chi connectivity index (χ1n) is 11.1. The van der Waals surface area contributed by atoms with Crippen molar-refractivity contribution in [2.24, 2.45) is 0 Å². The highest BCUT2D eigenvalue weighted by Gasteiger charge is 2.19. The van der Waals surface area contributed by atoms with Gasteiger partial charge in [0, 0.05) is 35.4 Å². The molecule has 5 heteroatoms. The predicted molar refractivity (Wildman–Crippen MR) is 129 cm³/mol. The van der Waals surface area contributed by atoms with Gasteiger partial charge in [0.15, 0.2) is 5.11 Å². The number of aromatic amines is 1. The molecule has 30 heavy (non-hydrogen) atoms. The van der Waals surface area contributed by atoms with Crippen LogP contribution in [0.3, 0.4) is 0 Å². The summed E-state index contributed by atoms with van der Waals surface area (Å²) in [4.78, 5) is 10.4. The van der Waals surface area contributed by atoms with Crippen molar-refractivity contribution < 1.29 is 0 Å². The lowest BCUT2D eigenvalue weighted by atomic mass is 9.96. The lowest BCUT2D eigenvalue weighted by Gasteiger charge is -2.31. The van der Waals surface area contributed by atoms with E-state index in [9.17, 15) is 0 Å². The van der Waals surface area contributed by atoms with E-state index in [4.69, 9.17) is 12.2 Å². The number of hydrogen-bond acceptors (Lipinski definition) is 2. The summed E-state index contributed by atoms with van der Waals surface area (Å²) in [5, 5.41) is 5.84. The van der Waals surface area contributed by atoms with Gasteiger partial charge in [0.05, 0.1) is 12.2 Å². The number of thiocarbonyl (C=S) groups is 1. The van der Waals surface area contributed by atoms with Crippen LogP contribution in [0.15, 0.2) is 42.6 Å². The van der Waals surface area contributed by atoms with E-state index in [0.717, 1.165) is 30.3 Å². The number of hydrogen-bond donors (Lipinski definition) is 2. The minimum atomic E-state index is 0.509. The Morgan fingerprint density at radius 1 is 1.17 bits per heavy atom. The highest BCUT2D eigenvalue weighted by atomic mass is 32.1. The largest absolute Gasteiger partial charge is 0.360 e. The van der Waals surface area contributed by atoms with E-state index in [2.05, 4.69) is 58.3 Å². The van der Waals surface area contributed by atoms with E-state index < -0.39 is 0 Å². The van der Waals surface area contributed by atoms with E-state index in [-0.39, 0.29) is 0 Å². The first-order chi connectivity index (χ1) is 14.6. The number of H-pyrrole nitrogens is 1. The molecule has 0 aliphatic heterocycles. The third-order valence-corrected chi connectivity index (χ3v) is 6.58. The number of rotatable bonds is 6. The number of aryl methyl sites for hydroxylation is 2. The Kier molecular flexibility index (Phi) is 6.68. The molecule has 1 aliphatic carbocycles. The van der Waals surface area contributed by atoms with Crippen LogP contribution in [-0.2, 0) is 13.0 Å². The molecule has 4 nitrogen and oxygen atoms in total. The number of pyridine rings is 1. The van der Waals surface area contributed by atoms with E-state index in [0.29, 0.717) is 6.04 Å². The summed E-state index contributed by atoms with van der Waals surface area (Å²) in [7, 11) is 0. The summed E-state index contributed by atoms with van der Waals surface area (Å²) in [5.74, 6) is 0. The van der Waals surface area contributed by atoms with Gasteiger partial charge < -0.3 is 15.2 Å². The molecule has 0 atom stereocenters. The second kappa shape index (κ2) is 9.61. The number of benzene rings is 1. The molecule has 0 bridgehead atoms. The third kappa shape index (κ3) is 5.01. The molecule has 0 radical (unpaired) electrons. The summed E-state index contributed by atoms with van der Waals surface area (Å²) in [6.07, 6.45) is 9.20. The Balaban J connectivity index is 1.51. The van der Waals surface area contributed by atoms with Crippen LogP contribution >= 0.6 is 12.2 Å². The number of nitrogens with zero attached hydrogens (tertiary/aromatic N) is 2. The zero-order valence-corrected chi connectivity index (χ0v) is 18.9. The maximum Gasteiger partial charge on any atom is 0.169 e.